The number of aromatic nitrogens is 10. The predicted octanol–water partition coefficient (Wildman–Crippen LogP) is 5.70. The molecular weight excluding hydrogens is 795 g/mol. The van der Waals surface area contributed by atoms with E-state index in [1.165, 1.54) is 28.3 Å². The van der Waals surface area contributed by atoms with Gasteiger partial charge in [0.1, 0.15) is 21.4 Å². The topological polar surface area (TPSA) is 190 Å². The molecule has 0 aliphatic carbocycles. The Morgan fingerprint density at radius 3 is 1.38 bits per heavy atom. The highest BCUT2D eigenvalue weighted by Gasteiger charge is 2.36. The fourth-order valence-corrected chi connectivity index (χ4v) is 6.02. The van der Waals surface area contributed by atoms with Crippen LogP contribution in [0.1, 0.15) is 68.3 Å². The van der Waals surface area contributed by atoms with E-state index in [1.807, 2.05) is 0 Å². The fourth-order valence-electron chi connectivity index (χ4n) is 4.68. The first-order chi connectivity index (χ1) is 26.4. The zero-order valence-corrected chi connectivity index (χ0v) is 31.6. The SMILES string of the molecule is COc1cc(-c2nsc(C(C)NC(=O)c3cc(C(F)(F)F)nn3C)n2)ccn1.COc1cc(-c2nsc(C(C)NC(=O)c3cc(C(F)(F)F)nn3C)n2)ccn1. The Morgan fingerprint density at radius 2 is 1.05 bits per heavy atom. The van der Waals surface area contributed by atoms with Gasteiger partial charge in [-0.1, -0.05) is 0 Å². The normalized spacial score (nSPS) is 12.6. The monoisotopic (exact) mass is 824 g/mol. The molecule has 0 aliphatic heterocycles. The first-order valence-electron chi connectivity index (χ1n) is 15.9. The Balaban J connectivity index is 0.000000214. The summed E-state index contributed by atoms with van der Waals surface area (Å²) in [5.41, 5.74) is -1.29. The zero-order chi connectivity index (χ0) is 40.9. The van der Waals surface area contributed by atoms with Crippen LogP contribution in [0.2, 0.25) is 0 Å². The van der Waals surface area contributed by atoms with Crippen molar-refractivity contribution in [1.82, 2.24) is 58.9 Å². The van der Waals surface area contributed by atoms with Gasteiger partial charge >= 0.3 is 12.4 Å². The average Bonchev–Trinajstić information content (AvgIpc) is 3.98. The van der Waals surface area contributed by atoms with Gasteiger partial charge in [-0.3, -0.25) is 19.0 Å². The number of alkyl halides is 6. The van der Waals surface area contributed by atoms with Crippen molar-refractivity contribution < 1.29 is 45.4 Å². The van der Waals surface area contributed by atoms with Crippen LogP contribution in [0.3, 0.4) is 0 Å². The number of hydrogen-bond donors (Lipinski definition) is 2. The maximum atomic E-state index is 12.8. The van der Waals surface area contributed by atoms with Gasteiger partial charge in [-0.05, 0) is 49.0 Å². The Bertz CT molecular complexity index is 2160. The van der Waals surface area contributed by atoms with Gasteiger partial charge in [-0.25, -0.2) is 19.9 Å². The molecule has 16 nitrogen and oxygen atoms in total. The van der Waals surface area contributed by atoms with Crippen molar-refractivity contribution >= 4 is 34.9 Å². The van der Waals surface area contributed by atoms with Gasteiger partial charge in [0.05, 0.1) is 26.3 Å². The molecule has 296 valence electrons. The second-order valence-corrected chi connectivity index (χ2v) is 13.1. The summed E-state index contributed by atoms with van der Waals surface area (Å²) < 4.78 is 96.9. The van der Waals surface area contributed by atoms with Crippen LogP contribution < -0.4 is 20.1 Å². The lowest BCUT2D eigenvalue weighted by atomic mass is 10.2. The molecule has 2 atom stereocenters. The predicted molar refractivity (Wildman–Crippen MR) is 188 cm³/mol. The Kier molecular flexibility index (Phi) is 12.3. The molecule has 2 N–H and O–H groups in total. The number of halogens is 6. The molecule has 56 heavy (non-hydrogen) atoms. The first kappa shape index (κ1) is 41.1. The van der Waals surface area contributed by atoms with Gasteiger partial charge < -0.3 is 20.1 Å². The Hall–Kier alpha value is -6.04. The summed E-state index contributed by atoms with van der Waals surface area (Å²) in [6, 6.07) is 7.05. The van der Waals surface area contributed by atoms with E-state index in [-0.39, 0.29) is 11.4 Å². The molecule has 0 aliphatic rings. The number of rotatable bonds is 10. The number of nitrogens with one attached hydrogen (secondary N) is 2. The van der Waals surface area contributed by atoms with Gasteiger partial charge in [-0.15, -0.1) is 0 Å². The molecule has 24 heteroatoms. The molecule has 6 rings (SSSR count). The molecule has 6 heterocycles. The van der Waals surface area contributed by atoms with E-state index in [9.17, 15) is 35.9 Å². The van der Waals surface area contributed by atoms with Gasteiger partial charge in [0.25, 0.3) is 11.8 Å². The summed E-state index contributed by atoms with van der Waals surface area (Å²) in [5, 5.41) is 12.9. The van der Waals surface area contributed by atoms with Crippen LogP contribution in [0.4, 0.5) is 26.3 Å². The van der Waals surface area contributed by atoms with E-state index in [1.54, 1.807) is 50.5 Å². The third-order valence-electron chi connectivity index (χ3n) is 7.53. The summed E-state index contributed by atoms with van der Waals surface area (Å²) in [7, 11) is 5.53. The van der Waals surface area contributed by atoms with Crippen LogP contribution in [0.25, 0.3) is 22.8 Å². The summed E-state index contributed by atoms with van der Waals surface area (Å²) >= 11 is 2.15. The minimum Gasteiger partial charge on any atom is -0.481 e. The van der Waals surface area contributed by atoms with Crippen molar-refractivity contribution in [2.75, 3.05) is 14.2 Å². The van der Waals surface area contributed by atoms with Crippen molar-refractivity contribution in [2.24, 2.45) is 14.1 Å². The number of ether oxygens (including phenoxy) is 2. The molecule has 0 bridgehead atoms. The third-order valence-corrected chi connectivity index (χ3v) is 9.32. The minimum atomic E-state index is -4.62. The number of aryl methyl sites for hydroxylation is 2. The molecule has 6 aromatic heterocycles. The number of nitrogens with zero attached hydrogens (tertiary/aromatic N) is 10. The highest BCUT2D eigenvalue weighted by Crippen LogP contribution is 2.30. The average molecular weight is 825 g/mol. The van der Waals surface area contributed by atoms with Crippen molar-refractivity contribution in [1.29, 1.82) is 0 Å². The maximum Gasteiger partial charge on any atom is 0.435 e. The number of pyridine rings is 2. The van der Waals surface area contributed by atoms with Gasteiger partial charge in [-0.2, -0.15) is 45.3 Å². The van der Waals surface area contributed by atoms with Crippen LogP contribution in [-0.2, 0) is 26.4 Å². The number of carbonyl (C=O) groups excluding carboxylic acids is 2. The highest BCUT2D eigenvalue weighted by atomic mass is 32.1. The molecular formula is C32H30F6N12O4S2. The minimum absolute atomic E-state index is 0.206. The van der Waals surface area contributed by atoms with E-state index in [0.717, 1.165) is 32.4 Å². The van der Waals surface area contributed by atoms with Crippen molar-refractivity contribution in [2.45, 2.75) is 38.3 Å². The van der Waals surface area contributed by atoms with E-state index < -0.39 is 47.6 Å². The summed E-state index contributed by atoms with van der Waals surface area (Å²) in [5.74, 6) is 0.294. The molecule has 0 spiro atoms. The molecule has 0 aromatic carbocycles. The summed E-state index contributed by atoms with van der Waals surface area (Å²) in [6.07, 6.45) is -6.13. The van der Waals surface area contributed by atoms with Crippen molar-refractivity contribution in [3.05, 3.63) is 81.6 Å². The lowest BCUT2D eigenvalue weighted by Gasteiger charge is -2.10. The summed E-state index contributed by atoms with van der Waals surface area (Å²) in [4.78, 5) is 41.4. The quantitative estimate of drug-likeness (QED) is 0.161. The van der Waals surface area contributed by atoms with Crippen LogP contribution in [0.5, 0.6) is 11.8 Å². The molecule has 0 saturated heterocycles. The van der Waals surface area contributed by atoms with Crippen LogP contribution in [0.15, 0.2) is 48.8 Å². The van der Waals surface area contributed by atoms with E-state index in [4.69, 9.17) is 9.47 Å². The van der Waals surface area contributed by atoms with Gasteiger partial charge in [0, 0.05) is 61.9 Å². The fraction of sp³-hybridized carbons (Fsp3) is 0.312. The lowest BCUT2D eigenvalue weighted by Crippen LogP contribution is -2.28. The van der Waals surface area contributed by atoms with Crippen molar-refractivity contribution in [3.63, 3.8) is 0 Å². The molecule has 0 fully saturated rings. The zero-order valence-electron chi connectivity index (χ0n) is 30.0. The van der Waals surface area contributed by atoms with Crippen LogP contribution in [-0.4, -0.2) is 74.3 Å². The number of hydrogen-bond acceptors (Lipinski definition) is 14. The maximum absolute atomic E-state index is 12.8. The second kappa shape index (κ2) is 16.8. The van der Waals surface area contributed by atoms with Crippen molar-refractivity contribution in [3.8, 4) is 34.5 Å². The second-order valence-electron chi connectivity index (χ2n) is 11.5. The largest absolute Gasteiger partial charge is 0.481 e. The Morgan fingerprint density at radius 1 is 0.679 bits per heavy atom. The number of carbonyl (C=O) groups is 2. The van der Waals surface area contributed by atoms with Crippen LogP contribution >= 0.6 is 23.1 Å². The van der Waals surface area contributed by atoms with E-state index in [0.29, 0.717) is 56.7 Å². The first-order valence-corrected chi connectivity index (χ1v) is 17.4. The smallest absolute Gasteiger partial charge is 0.435 e. The molecule has 2 unspecified atom stereocenters. The number of methoxy groups -OCH3 is 2. The highest BCUT2D eigenvalue weighted by molar-refractivity contribution is 7.06. The molecule has 2 amide bonds. The van der Waals surface area contributed by atoms with E-state index in [2.05, 4.69) is 49.5 Å². The third kappa shape index (κ3) is 9.79. The standard InChI is InChI=1S/2C16H15F3N6O2S/c2*1-8(21-14(26)10-7-11(16(17,18)19)23-25(10)2)15-22-13(24-28-15)9-4-5-20-12(6-9)27-3/h2*4-8H,1-3H3,(H,21,26). The summed E-state index contributed by atoms with van der Waals surface area (Å²) in [6.45, 7) is 3.33. The van der Waals surface area contributed by atoms with E-state index >= 15 is 0 Å². The lowest BCUT2D eigenvalue weighted by molar-refractivity contribution is -0.142. The Labute approximate surface area is 321 Å². The molecule has 0 radical (unpaired) electrons. The number of amides is 2. The molecule has 6 aromatic rings. The molecule has 0 saturated carbocycles. The van der Waals surface area contributed by atoms with Crippen LogP contribution in [0, 0.1) is 0 Å². The van der Waals surface area contributed by atoms with Gasteiger partial charge in [0.2, 0.25) is 11.8 Å². The van der Waals surface area contributed by atoms with Gasteiger partial charge in [0.15, 0.2) is 23.0 Å².